The minimum absolute atomic E-state index is 0.245. The lowest BCUT2D eigenvalue weighted by molar-refractivity contribution is 0.0501. The quantitative estimate of drug-likeness (QED) is 0.656. The van der Waals surface area contributed by atoms with Gasteiger partial charge in [-0.3, -0.25) is 0 Å². The van der Waals surface area contributed by atoms with Crippen molar-refractivity contribution in [3.05, 3.63) is 12.2 Å². The fourth-order valence-corrected chi connectivity index (χ4v) is 1.40. The first-order valence-electron chi connectivity index (χ1n) is 5.12. The molecule has 0 aromatic heterocycles. The number of nitrogens with one attached hydrogen (secondary N) is 1. The molecule has 3 heteroatoms. The van der Waals surface area contributed by atoms with Crippen LogP contribution in [0.2, 0.25) is 0 Å². The zero-order valence-electron chi connectivity index (χ0n) is 9.17. The summed E-state index contributed by atoms with van der Waals surface area (Å²) in [6.07, 6.45) is 6.91. The van der Waals surface area contributed by atoms with E-state index in [1.165, 1.54) is 0 Å². The molecule has 1 aliphatic carbocycles. The van der Waals surface area contributed by atoms with Crippen molar-refractivity contribution in [3.63, 3.8) is 0 Å². The summed E-state index contributed by atoms with van der Waals surface area (Å²) in [5.41, 5.74) is -0.408. The predicted molar refractivity (Wildman–Crippen MR) is 56.1 cm³/mol. The van der Waals surface area contributed by atoms with Crippen molar-refractivity contribution in [2.45, 2.75) is 51.7 Å². The zero-order chi connectivity index (χ0) is 10.6. The first-order valence-corrected chi connectivity index (χ1v) is 5.12. The van der Waals surface area contributed by atoms with Crippen LogP contribution in [-0.2, 0) is 4.74 Å². The molecule has 1 amide bonds. The van der Waals surface area contributed by atoms with Crippen molar-refractivity contribution in [1.82, 2.24) is 5.32 Å². The Balaban J connectivity index is 2.30. The lowest BCUT2D eigenvalue weighted by Crippen LogP contribution is -2.39. The van der Waals surface area contributed by atoms with Crippen molar-refractivity contribution in [1.29, 1.82) is 0 Å². The van der Waals surface area contributed by atoms with Crippen LogP contribution in [-0.4, -0.2) is 17.7 Å². The van der Waals surface area contributed by atoms with Crippen LogP contribution in [0.15, 0.2) is 12.2 Å². The van der Waals surface area contributed by atoms with Gasteiger partial charge in [0.25, 0.3) is 0 Å². The van der Waals surface area contributed by atoms with Gasteiger partial charge in [-0.2, -0.15) is 0 Å². The highest BCUT2D eigenvalue weighted by Crippen LogP contribution is 2.12. The molecule has 3 nitrogen and oxygen atoms in total. The second-order valence-corrected chi connectivity index (χ2v) is 4.63. The molecule has 0 radical (unpaired) electrons. The van der Waals surface area contributed by atoms with Crippen molar-refractivity contribution in [3.8, 4) is 0 Å². The molecule has 0 aromatic rings. The molecule has 1 rings (SSSR count). The highest BCUT2D eigenvalue weighted by molar-refractivity contribution is 5.68. The Morgan fingerprint density at radius 2 is 2.14 bits per heavy atom. The van der Waals surface area contributed by atoms with E-state index in [-0.39, 0.29) is 12.1 Å². The van der Waals surface area contributed by atoms with Gasteiger partial charge in [0.15, 0.2) is 0 Å². The second kappa shape index (κ2) is 4.49. The Labute approximate surface area is 85.5 Å². The smallest absolute Gasteiger partial charge is 0.407 e. The van der Waals surface area contributed by atoms with E-state index in [1.54, 1.807) is 0 Å². The Morgan fingerprint density at radius 3 is 2.64 bits per heavy atom. The van der Waals surface area contributed by atoms with Crippen molar-refractivity contribution in [2.24, 2.45) is 0 Å². The highest BCUT2D eigenvalue weighted by Gasteiger charge is 2.19. The van der Waals surface area contributed by atoms with Crippen molar-refractivity contribution >= 4 is 6.09 Å². The van der Waals surface area contributed by atoms with Gasteiger partial charge in [-0.15, -0.1) is 0 Å². The number of amides is 1. The molecule has 0 spiro atoms. The second-order valence-electron chi connectivity index (χ2n) is 4.63. The lowest BCUT2D eigenvalue weighted by Gasteiger charge is -2.24. The van der Waals surface area contributed by atoms with E-state index < -0.39 is 5.60 Å². The van der Waals surface area contributed by atoms with Gasteiger partial charge in [-0.25, -0.2) is 4.79 Å². The average molecular weight is 197 g/mol. The number of alkyl carbamates (subject to hydrolysis) is 1. The molecule has 0 aromatic carbocycles. The maximum atomic E-state index is 11.4. The summed E-state index contributed by atoms with van der Waals surface area (Å²) in [5, 5.41) is 2.86. The largest absolute Gasteiger partial charge is 0.444 e. The van der Waals surface area contributed by atoms with Gasteiger partial charge < -0.3 is 10.1 Å². The summed E-state index contributed by atoms with van der Waals surface area (Å²) in [6, 6.07) is 0.245. The Kier molecular flexibility index (Phi) is 3.55. The fraction of sp³-hybridized carbons (Fsp3) is 0.727. The highest BCUT2D eigenvalue weighted by atomic mass is 16.6. The van der Waals surface area contributed by atoms with Crippen LogP contribution in [0, 0.1) is 0 Å². The van der Waals surface area contributed by atoms with Crippen LogP contribution in [0.25, 0.3) is 0 Å². The molecule has 1 N–H and O–H groups in total. The zero-order valence-corrected chi connectivity index (χ0v) is 9.17. The third-order valence-electron chi connectivity index (χ3n) is 1.99. The maximum Gasteiger partial charge on any atom is 0.407 e. The van der Waals surface area contributed by atoms with Crippen molar-refractivity contribution < 1.29 is 9.53 Å². The first-order chi connectivity index (χ1) is 6.47. The van der Waals surface area contributed by atoms with Gasteiger partial charge in [-0.05, 0) is 40.0 Å². The molecule has 0 saturated heterocycles. The standard InChI is InChI=1S/C11H19NO2/c1-11(2,3)14-10(13)12-9-7-5-4-6-8-9/h4-5,9H,6-8H2,1-3H3,(H,12,13)/t9-/m1/s1. The SMILES string of the molecule is CC(C)(C)OC(=O)N[C@@H]1CC=CCC1. The van der Waals surface area contributed by atoms with E-state index in [0.29, 0.717) is 0 Å². The van der Waals surface area contributed by atoms with E-state index in [0.717, 1.165) is 19.3 Å². The van der Waals surface area contributed by atoms with Crippen LogP contribution < -0.4 is 5.32 Å². The summed E-state index contributed by atoms with van der Waals surface area (Å²) < 4.78 is 5.17. The van der Waals surface area contributed by atoms with Gasteiger partial charge in [0.2, 0.25) is 0 Å². The Bertz CT molecular complexity index is 228. The van der Waals surface area contributed by atoms with E-state index >= 15 is 0 Å². The molecule has 80 valence electrons. The molecule has 0 unspecified atom stereocenters. The van der Waals surface area contributed by atoms with Crippen molar-refractivity contribution in [2.75, 3.05) is 0 Å². The lowest BCUT2D eigenvalue weighted by atomic mass is 10.0. The number of carbonyl (C=O) groups excluding carboxylic acids is 1. The van der Waals surface area contributed by atoms with Gasteiger partial charge >= 0.3 is 6.09 Å². The van der Waals surface area contributed by atoms with Gasteiger partial charge in [-0.1, -0.05) is 12.2 Å². The summed E-state index contributed by atoms with van der Waals surface area (Å²) >= 11 is 0. The average Bonchev–Trinajstić information content (AvgIpc) is 2.02. The fourth-order valence-electron chi connectivity index (χ4n) is 1.40. The number of ether oxygens (including phenoxy) is 1. The molecule has 0 fully saturated rings. The molecular formula is C11H19NO2. The van der Waals surface area contributed by atoms with Crippen LogP contribution in [0.4, 0.5) is 4.79 Å². The van der Waals surface area contributed by atoms with E-state index in [9.17, 15) is 4.79 Å². The number of hydrogen-bond donors (Lipinski definition) is 1. The van der Waals surface area contributed by atoms with E-state index in [1.807, 2.05) is 20.8 Å². The number of carbonyl (C=O) groups is 1. The van der Waals surface area contributed by atoms with E-state index in [4.69, 9.17) is 4.74 Å². The predicted octanol–water partition coefficient (Wildman–Crippen LogP) is 2.62. The Hall–Kier alpha value is -0.990. The molecular weight excluding hydrogens is 178 g/mol. The summed E-state index contributed by atoms with van der Waals surface area (Å²) in [7, 11) is 0. The molecule has 1 atom stereocenters. The van der Waals surface area contributed by atoms with Gasteiger partial charge in [0.1, 0.15) is 5.60 Å². The topological polar surface area (TPSA) is 38.3 Å². The van der Waals surface area contributed by atoms with Gasteiger partial charge in [0.05, 0.1) is 0 Å². The number of allylic oxidation sites excluding steroid dienone is 1. The molecule has 14 heavy (non-hydrogen) atoms. The van der Waals surface area contributed by atoms with Crippen LogP contribution in [0.3, 0.4) is 0 Å². The molecule has 0 bridgehead atoms. The third kappa shape index (κ3) is 4.30. The summed E-state index contributed by atoms with van der Waals surface area (Å²) in [5.74, 6) is 0. The first kappa shape index (κ1) is 11.1. The summed E-state index contributed by atoms with van der Waals surface area (Å²) in [4.78, 5) is 11.4. The normalized spacial score (nSPS) is 21.8. The minimum atomic E-state index is -0.408. The molecule has 1 aliphatic rings. The van der Waals surface area contributed by atoms with Crippen LogP contribution in [0.1, 0.15) is 40.0 Å². The van der Waals surface area contributed by atoms with E-state index in [2.05, 4.69) is 17.5 Å². The summed E-state index contributed by atoms with van der Waals surface area (Å²) in [6.45, 7) is 5.61. The Morgan fingerprint density at radius 1 is 1.43 bits per heavy atom. The van der Waals surface area contributed by atoms with Gasteiger partial charge in [0, 0.05) is 6.04 Å². The van der Waals surface area contributed by atoms with Crippen LogP contribution >= 0.6 is 0 Å². The molecule has 0 heterocycles. The van der Waals surface area contributed by atoms with Crippen LogP contribution in [0.5, 0.6) is 0 Å². The minimum Gasteiger partial charge on any atom is -0.444 e. The number of hydrogen-bond acceptors (Lipinski definition) is 2. The number of rotatable bonds is 1. The monoisotopic (exact) mass is 197 g/mol. The molecule has 0 saturated carbocycles. The third-order valence-corrected chi connectivity index (χ3v) is 1.99. The molecule has 0 aliphatic heterocycles. The maximum absolute atomic E-state index is 11.4.